The van der Waals surface area contributed by atoms with Gasteiger partial charge >= 0.3 is 5.97 Å². The van der Waals surface area contributed by atoms with Crippen LogP contribution in [0.3, 0.4) is 0 Å². The van der Waals surface area contributed by atoms with E-state index in [0.29, 0.717) is 12.3 Å². The molecule has 0 radical (unpaired) electrons. The monoisotopic (exact) mass is 338 g/mol. The summed E-state index contributed by atoms with van der Waals surface area (Å²) >= 11 is 0. The van der Waals surface area contributed by atoms with Crippen molar-refractivity contribution in [3.8, 4) is 22.9 Å². The van der Waals surface area contributed by atoms with E-state index in [4.69, 9.17) is 9.47 Å². The van der Waals surface area contributed by atoms with Gasteiger partial charge < -0.3 is 9.47 Å². The molecule has 0 saturated carbocycles. The molecule has 0 aliphatic carbocycles. The number of hydrogen-bond acceptors (Lipinski definition) is 5. The Morgan fingerprint density at radius 3 is 2.40 bits per heavy atom. The van der Waals surface area contributed by atoms with Crippen LogP contribution >= 0.6 is 0 Å². The molecule has 0 spiro atoms. The summed E-state index contributed by atoms with van der Waals surface area (Å²) in [6.07, 6.45) is 0. The van der Waals surface area contributed by atoms with Crippen LogP contribution in [0.1, 0.15) is 25.6 Å². The third-order valence-electron chi connectivity index (χ3n) is 3.65. The highest BCUT2D eigenvalue weighted by molar-refractivity contribution is 5.96. The summed E-state index contributed by atoms with van der Waals surface area (Å²) in [5, 5.41) is 0.787. The Morgan fingerprint density at radius 2 is 1.80 bits per heavy atom. The van der Waals surface area contributed by atoms with Gasteiger partial charge in [-0.15, -0.1) is 0 Å². The molecule has 1 aromatic carbocycles. The Bertz CT molecular complexity index is 942. The van der Waals surface area contributed by atoms with Gasteiger partial charge in [0.1, 0.15) is 5.75 Å². The molecule has 0 aliphatic heterocycles. The summed E-state index contributed by atoms with van der Waals surface area (Å²) < 4.78 is 12.0. The molecule has 128 valence electrons. The number of fused-ring (bicyclic) bond motifs is 1. The first-order chi connectivity index (χ1) is 12.0. The number of carbonyl (C=O) groups is 2. The van der Waals surface area contributed by atoms with E-state index in [1.807, 2.05) is 37.3 Å². The van der Waals surface area contributed by atoms with Crippen molar-refractivity contribution in [3.63, 3.8) is 0 Å². The Morgan fingerprint density at radius 1 is 1.08 bits per heavy atom. The molecule has 6 nitrogen and oxygen atoms in total. The van der Waals surface area contributed by atoms with Crippen LogP contribution in [0.2, 0.25) is 0 Å². The number of esters is 1. The van der Waals surface area contributed by atoms with E-state index in [2.05, 4.69) is 4.98 Å². The zero-order chi connectivity index (χ0) is 18.0. The number of nitrogens with zero attached hydrogens (tertiary/aromatic N) is 2. The van der Waals surface area contributed by atoms with Crippen LogP contribution in [0.15, 0.2) is 42.5 Å². The lowest BCUT2D eigenvalue weighted by Gasteiger charge is -2.08. The molecule has 0 bridgehead atoms. The number of carbonyl (C=O) groups excluding carboxylic acids is 2. The van der Waals surface area contributed by atoms with Gasteiger partial charge in [-0.05, 0) is 48.9 Å². The van der Waals surface area contributed by atoms with E-state index in [9.17, 15) is 9.59 Å². The van der Waals surface area contributed by atoms with Gasteiger partial charge in [0.05, 0.1) is 12.3 Å². The fraction of sp³-hybridized carbons (Fsp3) is 0.211. The van der Waals surface area contributed by atoms with Crippen molar-refractivity contribution in [2.24, 2.45) is 0 Å². The minimum absolute atomic E-state index is 0.166. The van der Waals surface area contributed by atoms with Crippen molar-refractivity contribution in [3.05, 3.63) is 42.5 Å². The number of rotatable bonds is 4. The molecule has 0 N–H and O–H groups in total. The Kier molecular flexibility index (Phi) is 4.52. The lowest BCUT2D eigenvalue weighted by molar-refractivity contribution is -0.132. The maximum Gasteiger partial charge on any atom is 0.309 e. The molecular formula is C19H18N2O4. The van der Waals surface area contributed by atoms with Gasteiger partial charge in [0.25, 0.3) is 0 Å². The normalized spacial score (nSPS) is 10.7. The van der Waals surface area contributed by atoms with Gasteiger partial charge in [0.15, 0.2) is 5.65 Å². The number of pyridine rings is 1. The molecule has 0 amide bonds. The molecule has 0 unspecified atom stereocenters. The summed E-state index contributed by atoms with van der Waals surface area (Å²) in [4.78, 5) is 27.6. The topological polar surface area (TPSA) is 70.4 Å². The maximum absolute atomic E-state index is 12.2. The van der Waals surface area contributed by atoms with Crippen LogP contribution < -0.4 is 9.47 Å². The fourth-order valence-corrected chi connectivity index (χ4v) is 2.68. The van der Waals surface area contributed by atoms with E-state index >= 15 is 0 Å². The minimum Gasteiger partial charge on any atom is -0.494 e. The second-order valence-corrected chi connectivity index (χ2v) is 5.50. The molecule has 6 heteroatoms. The van der Waals surface area contributed by atoms with Crippen LogP contribution in [0.4, 0.5) is 0 Å². The number of hydrogen-bond donors (Lipinski definition) is 0. The Balaban J connectivity index is 2.12. The van der Waals surface area contributed by atoms with Crippen molar-refractivity contribution in [2.75, 3.05) is 6.61 Å². The minimum atomic E-state index is -0.459. The number of benzene rings is 1. The zero-order valence-electron chi connectivity index (χ0n) is 14.3. The van der Waals surface area contributed by atoms with Crippen molar-refractivity contribution in [1.29, 1.82) is 0 Å². The highest BCUT2D eigenvalue weighted by atomic mass is 16.5. The van der Waals surface area contributed by atoms with Crippen LogP contribution in [-0.2, 0) is 4.79 Å². The zero-order valence-corrected chi connectivity index (χ0v) is 14.3. The summed E-state index contributed by atoms with van der Waals surface area (Å²) in [5.41, 5.74) is 2.04. The van der Waals surface area contributed by atoms with Gasteiger partial charge in [-0.2, -0.15) is 4.98 Å². The first kappa shape index (κ1) is 16.7. The smallest absolute Gasteiger partial charge is 0.309 e. The van der Waals surface area contributed by atoms with Gasteiger partial charge in [0, 0.05) is 25.3 Å². The summed E-state index contributed by atoms with van der Waals surface area (Å²) in [5.74, 6) is 0.303. The largest absolute Gasteiger partial charge is 0.494 e. The van der Waals surface area contributed by atoms with E-state index in [1.165, 1.54) is 18.4 Å². The summed E-state index contributed by atoms with van der Waals surface area (Å²) in [6.45, 7) is 5.29. The van der Waals surface area contributed by atoms with E-state index in [1.54, 1.807) is 12.1 Å². The Labute approximate surface area is 145 Å². The molecule has 2 heterocycles. The van der Waals surface area contributed by atoms with E-state index in [-0.39, 0.29) is 11.8 Å². The number of ether oxygens (including phenoxy) is 2. The van der Waals surface area contributed by atoms with Gasteiger partial charge in [-0.3, -0.25) is 14.2 Å². The third-order valence-corrected chi connectivity index (χ3v) is 3.65. The number of aromatic nitrogens is 2. The van der Waals surface area contributed by atoms with Gasteiger partial charge in [-0.25, -0.2) is 0 Å². The van der Waals surface area contributed by atoms with E-state index in [0.717, 1.165) is 22.4 Å². The molecule has 0 aliphatic rings. The molecule has 0 atom stereocenters. The van der Waals surface area contributed by atoms with Crippen molar-refractivity contribution >= 4 is 22.9 Å². The van der Waals surface area contributed by atoms with Crippen molar-refractivity contribution < 1.29 is 19.1 Å². The third kappa shape index (κ3) is 3.38. The van der Waals surface area contributed by atoms with Crippen LogP contribution in [0, 0.1) is 0 Å². The SMILES string of the molecule is CCOc1ccc(-c2cc3ccc(OC(C)=O)nc3n2C(C)=O)cc1. The first-order valence-corrected chi connectivity index (χ1v) is 7.94. The molecule has 3 aromatic rings. The fourth-order valence-electron chi connectivity index (χ4n) is 2.68. The standard InChI is InChI=1S/C19H18N2O4/c1-4-24-16-8-5-14(6-9-16)17-11-15-7-10-18(25-13(3)23)20-19(15)21(17)12(2)22/h5-11H,4H2,1-3H3. The molecule has 3 rings (SSSR count). The van der Waals surface area contributed by atoms with Gasteiger partial charge in [-0.1, -0.05) is 0 Å². The molecular weight excluding hydrogens is 320 g/mol. The van der Waals surface area contributed by atoms with Crippen LogP contribution in [0.5, 0.6) is 11.6 Å². The van der Waals surface area contributed by atoms with Crippen LogP contribution in [-0.4, -0.2) is 28.0 Å². The average Bonchev–Trinajstić information content (AvgIpc) is 2.94. The van der Waals surface area contributed by atoms with Crippen molar-refractivity contribution in [1.82, 2.24) is 9.55 Å². The Hall–Kier alpha value is -3.15. The highest BCUT2D eigenvalue weighted by Crippen LogP contribution is 2.30. The molecule has 0 saturated heterocycles. The van der Waals surface area contributed by atoms with Gasteiger partial charge in [0.2, 0.25) is 11.8 Å². The predicted octanol–water partition coefficient (Wildman–Crippen LogP) is 3.69. The molecule has 25 heavy (non-hydrogen) atoms. The van der Waals surface area contributed by atoms with E-state index < -0.39 is 5.97 Å². The lowest BCUT2D eigenvalue weighted by atomic mass is 10.1. The maximum atomic E-state index is 12.2. The quantitative estimate of drug-likeness (QED) is 0.679. The average molecular weight is 338 g/mol. The lowest BCUT2D eigenvalue weighted by Crippen LogP contribution is -2.09. The summed E-state index contributed by atoms with van der Waals surface area (Å²) in [7, 11) is 0. The van der Waals surface area contributed by atoms with Crippen molar-refractivity contribution in [2.45, 2.75) is 20.8 Å². The molecule has 0 fully saturated rings. The second-order valence-electron chi connectivity index (χ2n) is 5.50. The predicted molar refractivity (Wildman–Crippen MR) is 93.9 cm³/mol. The molecule has 2 aromatic heterocycles. The van der Waals surface area contributed by atoms with Crippen LogP contribution in [0.25, 0.3) is 22.3 Å². The second kappa shape index (κ2) is 6.76. The first-order valence-electron chi connectivity index (χ1n) is 7.94. The summed E-state index contributed by atoms with van der Waals surface area (Å²) in [6, 6.07) is 12.8. The highest BCUT2D eigenvalue weighted by Gasteiger charge is 2.16.